The second kappa shape index (κ2) is 6.01. The molecule has 1 fully saturated rings. The van der Waals surface area contributed by atoms with Gasteiger partial charge in [-0.3, -0.25) is 4.79 Å². The van der Waals surface area contributed by atoms with Crippen molar-refractivity contribution in [3.8, 4) is 0 Å². The molecule has 1 amide bonds. The molecular weight excluding hydrogens is 224 g/mol. The van der Waals surface area contributed by atoms with Crippen LogP contribution in [0.1, 0.15) is 36.8 Å². The van der Waals surface area contributed by atoms with Gasteiger partial charge in [0.15, 0.2) is 0 Å². The minimum absolute atomic E-state index is 0.117. The Labute approximate surface area is 109 Å². The number of benzene rings is 1. The van der Waals surface area contributed by atoms with E-state index in [1.54, 1.807) is 0 Å². The summed E-state index contributed by atoms with van der Waals surface area (Å²) in [7, 11) is 0. The lowest BCUT2D eigenvalue weighted by Crippen LogP contribution is -2.37. The summed E-state index contributed by atoms with van der Waals surface area (Å²) >= 11 is 0. The van der Waals surface area contributed by atoms with Gasteiger partial charge in [-0.15, -0.1) is 0 Å². The monoisotopic (exact) mass is 246 g/mol. The van der Waals surface area contributed by atoms with Crippen molar-refractivity contribution >= 4 is 11.6 Å². The number of piperidine rings is 1. The lowest BCUT2D eigenvalue weighted by atomic mass is 10.0. The van der Waals surface area contributed by atoms with E-state index in [1.165, 1.54) is 12.8 Å². The Morgan fingerprint density at radius 1 is 1.33 bits per heavy atom. The van der Waals surface area contributed by atoms with Crippen LogP contribution in [-0.2, 0) is 4.79 Å². The van der Waals surface area contributed by atoms with Gasteiger partial charge in [0.25, 0.3) is 0 Å². The van der Waals surface area contributed by atoms with Gasteiger partial charge < -0.3 is 10.6 Å². The first-order valence-corrected chi connectivity index (χ1v) is 6.76. The highest BCUT2D eigenvalue weighted by Gasteiger charge is 2.17. The highest BCUT2D eigenvalue weighted by atomic mass is 16.1. The predicted molar refractivity (Wildman–Crippen MR) is 74.8 cm³/mol. The number of hydrogen-bond acceptors (Lipinski definition) is 2. The number of carbonyl (C=O) groups is 1. The molecule has 3 nitrogen and oxygen atoms in total. The standard InChI is InChI=1S/C15H22N2O/c1-11-6-5-7-12(2)15(11)17-14(18)10-13-8-3-4-9-16-13/h5-7,13,16H,3-4,8-10H2,1-2H3,(H,17,18). The Balaban J connectivity index is 1.94. The zero-order valence-electron chi connectivity index (χ0n) is 11.3. The summed E-state index contributed by atoms with van der Waals surface area (Å²) in [6.07, 6.45) is 4.15. The third kappa shape index (κ3) is 3.33. The van der Waals surface area contributed by atoms with Crippen LogP contribution in [-0.4, -0.2) is 18.5 Å². The Bertz CT molecular complexity index is 402. The molecular formula is C15H22N2O. The van der Waals surface area contributed by atoms with Gasteiger partial charge in [-0.05, 0) is 44.4 Å². The summed E-state index contributed by atoms with van der Waals surface area (Å²) in [5, 5.41) is 6.45. The average molecular weight is 246 g/mol. The zero-order chi connectivity index (χ0) is 13.0. The van der Waals surface area contributed by atoms with E-state index in [4.69, 9.17) is 0 Å². The Hall–Kier alpha value is -1.35. The molecule has 1 aliphatic heterocycles. The molecule has 2 N–H and O–H groups in total. The molecule has 0 bridgehead atoms. The van der Waals surface area contributed by atoms with Crippen LogP contribution in [0.3, 0.4) is 0 Å². The predicted octanol–water partition coefficient (Wildman–Crippen LogP) is 2.77. The van der Waals surface area contributed by atoms with E-state index in [0.717, 1.165) is 29.8 Å². The lowest BCUT2D eigenvalue weighted by molar-refractivity contribution is -0.116. The molecule has 1 heterocycles. The fourth-order valence-electron chi connectivity index (χ4n) is 2.52. The summed E-state index contributed by atoms with van der Waals surface area (Å²) in [6.45, 7) is 5.10. The topological polar surface area (TPSA) is 41.1 Å². The van der Waals surface area contributed by atoms with Gasteiger partial charge in [0.2, 0.25) is 5.91 Å². The smallest absolute Gasteiger partial charge is 0.225 e. The third-order valence-electron chi connectivity index (χ3n) is 3.59. The van der Waals surface area contributed by atoms with Crippen LogP contribution >= 0.6 is 0 Å². The van der Waals surface area contributed by atoms with E-state index in [2.05, 4.69) is 10.6 Å². The number of nitrogens with one attached hydrogen (secondary N) is 2. The van der Waals surface area contributed by atoms with Crippen LogP contribution in [0.4, 0.5) is 5.69 Å². The summed E-state index contributed by atoms with van der Waals surface area (Å²) in [4.78, 5) is 12.0. The van der Waals surface area contributed by atoms with E-state index in [0.29, 0.717) is 12.5 Å². The minimum Gasteiger partial charge on any atom is -0.326 e. The normalized spacial score (nSPS) is 19.6. The zero-order valence-corrected chi connectivity index (χ0v) is 11.3. The van der Waals surface area contributed by atoms with Crippen LogP contribution < -0.4 is 10.6 Å². The first-order valence-electron chi connectivity index (χ1n) is 6.76. The first-order chi connectivity index (χ1) is 8.66. The number of amides is 1. The van der Waals surface area contributed by atoms with Gasteiger partial charge in [-0.25, -0.2) is 0 Å². The molecule has 0 aliphatic carbocycles. The van der Waals surface area contributed by atoms with Crippen molar-refractivity contribution in [2.75, 3.05) is 11.9 Å². The summed E-state index contributed by atoms with van der Waals surface area (Å²) in [5.74, 6) is 0.117. The molecule has 1 saturated heterocycles. The van der Waals surface area contributed by atoms with E-state index < -0.39 is 0 Å². The summed E-state index contributed by atoms with van der Waals surface area (Å²) < 4.78 is 0. The maximum Gasteiger partial charge on any atom is 0.225 e. The van der Waals surface area contributed by atoms with Gasteiger partial charge in [0.05, 0.1) is 0 Å². The molecule has 1 unspecified atom stereocenters. The fraction of sp³-hybridized carbons (Fsp3) is 0.533. The van der Waals surface area contributed by atoms with E-state index in [-0.39, 0.29) is 5.91 Å². The molecule has 0 spiro atoms. The van der Waals surface area contributed by atoms with Gasteiger partial charge in [-0.2, -0.15) is 0 Å². The maximum atomic E-state index is 12.0. The Morgan fingerprint density at radius 2 is 2.06 bits per heavy atom. The molecule has 0 radical (unpaired) electrons. The second-order valence-electron chi connectivity index (χ2n) is 5.17. The van der Waals surface area contributed by atoms with Gasteiger partial charge in [0, 0.05) is 18.2 Å². The maximum absolute atomic E-state index is 12.0. The van der Waals surface area contributed by atoms with Crippen LogP contribution in [0.5, 0.6) is 0 Å². The quantitative estimate of drug-likeness (QED) is 0.861. The first kappa shape index (κ1) is 13.1. The summed E-state index contributed by atoms with van der Waals surface area (Å²) in [6, 6.07) is 6.43. The van der Waals surface area contributed by atoms with Gasteiger partial charge >= 0.3 is 0 Å². The lowest BCUT2D eigenvalue weighted by Gasteiger charge is -2.23. The highest BCUT2D eigenvalue weighted by Crippen LogP contribution is 2.20. The number of anilines is 1. The third-order valence-corrected chi connectivity index (χ3v) is 3.59. The molecule has 1 aromatic carbocycles. The number of rotatable bonds is 3. The van der Waals surface area contributed by atoms with Crippen LogP contribution in [0.2, 0.25) is 0 Å². The largest absolute Gasteiger partial charge is 0.326 e. The Morgan fingerprint density at radius 3 is 2.67 bits per heavy atom. The molecule has 0 aromatic heterocycles. The highest BCUT2D eigenvalue weighted by molar-refractivity contribution is 5.92. The van der Waals surface area contributed by atoms with E-state index in [1.807, 2.05) is 32.0 Å². The average Bonchev–Trinajstić information content (AvgIpc) is 2.35. The van der Waals surface area contributed by atoms with Crippen molar-refractivity contribution in [3.63, 3.8) is 0 Å². The SMILES string of the molecule is Cc1cccc(C)c1NC(=O)CC1CCCCN1. The molecule has 98 valence electrons. The van der Waals surface area contributed by atoms with Crippen LogP contribution in [0.15, 0.2) is 18.2 Å². The van der Waals surface area contributed by atoms with E-state index >= 15 is 0 Å². The minimum atomic E-state index is 0.117. The molecule has 1 aromatic rings. The van der Waals surface area contributed by atoms with Crippen molar-refractivity contribution in [2.24, 2.45) is 0 Å². The van der Waals surface area contributed by atoms with Crippen LogP contribution in [0.25, 0.3) is 0 Å². The van der Waals surface area contributed by atoms with Gasteiger partial charge in [-0.1, -0.05) is 24.6 Å². The number of hydrogen-bond donors (Lipinski definition) is 2. The number of carbonyl (C=O) groups excluding carboxylic acids is 1. The number of para-hydroxylation sites is 1. The molecule has 2 rings (SSSR count). The van der Waals surface area contributed by atoms with Crippen LogP contribution in [0, 0.1) is 13.8 Å². The molecule has 1 aliphatic rings. The second-order valence-corrected chi connectivity index (χ2v) is 5.17. The van der Waals surface area contributed by atoms with Crippen molar-refractivity contribution in [1.82, 2.24) is 5.32 Å². The molecule has 18 heavy (non-hydrogen) atoms. The molecule has 3 heteroatoms. The molecule has 0 saturated carbocycles. The summed E-state index contributed by atoms with van der Waals surface area (Å²) in [5.41, 5.74) is 3.22. The van der Waals surface area contributed by atoms with Crippen molar-refractivity contribution in [3.05, 3.63) is 29.3 Å². The van der Waals surface area contributed by atoms with E-state index in [9.17, 15) is 4.79 Å². The van der Waals surface area contributed by atoms with Crippen molar-refractivity contribution in [2.45, 2.75) is 45.6 Å². The van der Waals surface area contributed by atoms with Crippen molar-refractivity contribution < 1.29 is 4.79 Å². The van der Waals surface area contributed by atoms with Gasteiger partial charge in [0.1, 0.15) is 0 Å². The Kier molecular flexibility index (Phi) is 4.37. The van der Waals surface area contributed by atoms with Crippen molar-refractivity contribution in [1.29, 1.82) is 0 Å². The molecule has 1 atom stereocenters. The number of aryl methyl sites for hydroxylation is 2. The fourth-order valence-corrected chi connectivity index (χ4v) is 2.52.